The van der Waals surface area contributed by atoms with Gasteiger partial charge in [-0.05, 0) is 136 Å². The van der Waals surface area contributed by atoms with Crippen molar-refractivity contribution < 1.29 is 33.6 Å². The van der Waals surface area contributed by atoms with Gasteiger partial charge in [0, 0.05) is 40.6 Å². The third-order valence-electron chi connectivity index (χ3n) is 11.0. The monoisotopic (exact) mass is 1200 g/mol. The standard InChI is InChI=1S/C11H9BrN4.C10H17BN2O2.C10H8BrN3O.C10H9N3O.C6H4BrNO.C2H5NO2/c1-15-11(9(12)6-14-15)10-4-2-3-8-5-13-7-16(8)10;1-9(2)10(3,4)15-11(14-9)8-6-7-12-13(8)5;1-14-10(8(11)5-12-14)9-4-2-3-7(6-15)13-9;1-13-10(5-6-11-13)9-4-2-3-8(7-14)12-9;7-6-3-1-2-5(4-9)8-6;3-1-2(4)5/h2-7H,1H3;6-7H,1-5H3;2-6H,1H3;2-7H,1H3;1-4H;1,3H2,(H,4,5). The van der Waals surface area contributed by atoms with Crippen LogP contribution in [0.5, 0.6) is 0 Å². The molecule has 0 radical (unpaired) electrons. The molecule has 9 aromatic rings. The fourth-order valence-electron chi connectivity index (χ4n) is 6.54. The Hall–Kier alpha value is -7.16. The van der Waals surface area contributed by atoms with Gasteiger partial charge in [-0.3, -0.25) is 42.3 Å². The minimum absolute atomic E-state index is 0.278. The summed E-state index contributed by atoms with van der Waals surface area (Å²) in [4.78, 5) is 56.8. The summed E-state index contributed by atoms with van der Waals surface area (Å²) >= 11 is 10.0. The van der Waals surface area contributed by atoms with Crippen LogP contribution in [-0.4, -0.2) is 118 Å². The molecule has 0 amide bonds. The van der Waals surface area contributed by atoms with Crippen molar-refractivity contribution >= 4 is 90.8 Å². The van der Waals surface area contributed by atoms with E-state index in [9.17, 15) is 19.2 Å². The zero-order chi connectivity index (χ0) is 54.2. The van der Waals surface area contributed by atoms with Crippen LogP contribution in [0.25, 0.3) is 39.7 Å². The van der Waals surface area contributed by atoms with Crippen molar-refractivity contribution in [2.75, 3.05) is 6.54 Å². The molecule has 0 spiro atoms. The van der Waals surface area contributed by atoms with Gasteiger partial charge < -0.3 is 20.1 Å². The second-order valence-electron chi connectivity index (χ2n) is 16.6. The Morgan fingerprint density at radius 3 is 1.59 bits per heavy atom. The first-order valence-electron chi connectivity index (χ1n) is 22.2. The second kappa shape index (κ2) is 26.7. The molecule has 0 saturated carbocycles. The number of carbonyl (C=O) groups excluding carboxylic acids is 3. The number of carbonyl (C=O) groups is 4. The molecular formula is C49H52BBr3N14O7. The smallest absolute Gasteiger partial charge is 0.480 e. The van der Waals surface area contributed by atoms with Crippen LogP contribution in [0.2, 0.25) is 0 Å². The fourth-order valence-corrected chi connectivity index (χ4v) is 8.00. The van der Waals surface area contributed by atoms with Crippen molar-refractivity contribution in [1.82, 2.24) is 63.5 Å². The summed E-state index contributed by atoms with van der Waals surface area (Å²) in [6, 6.07) is 25.7. The Labute approximate surface area is 451 Å². The first-order valence-corrected chi connectivity index (χ1v) is 24.5. The summed E-state index contributed by atoms with van der Waals surface area (Å²) in [7, 11) is 7.17. The topological polar surface area (TPSA) is 260 Å². The predicted molar refractivity (Wildman–Crippen MR) is 289 cm³/mol. The second-order valence-corrected chi connectivity index (χ2v) is 19.1. The number of fused-ring (bicyclic) bond motifs is 1. The Kier molecular flexibility index (Phi) is 20.8. The van der Waals surface area contributed by atoms with Crippen molar-refractivity contribution in [1.29, 1.82) is 0 Å². The highest BCUT2D eigenvalue weighted by atomic mass is 79.9. The molecule has 0 aliphatic carbocycles. The molecule has 0 bridgehead atoms. The highest BCUT2D eigenvalue weighted by Crippen LogP contribution is 2.36. The maximum Gasteiger partial charge on any atom is 0.514 e. The van der Waals surface area contributed by atoms with Crippen molar-refractivity contribution in [2.24, 2.45) is 33.9 Å². The van der Waals surface area contributed by atoms with Gasteiger partial charge in [0.25, 0.3) is 0 Å². The van der Waals surface area contributed by atoms with Crippen LogP contribution in [0.3, 0.4) is 0 Å². The van der Waals surface area contributed by atoms with Gasteiger partial charge in [-0.2, -0.15) is 20.4 Å². The van der Waals surface area contributed by atoms with Crippen LogP contribution in [0.4, 0.5) is 0 Å². The molecule has 0 aromatic carbocycles. The maximum atomic E-state index is 10.6. The van der Waals surface area contributed by atoms with Gasteiger partial charge in [0.05, 0.1) is 91.2 Å². The van der Waals surface area contributed by atoms with E-state index in [4.69, 9.17) is 14.4 Å². The van der Waals surface area contributed by atoms with Crippen LogP contribution in [-0.2, 0) is 42.3 Å². The minimum Gasteiger partial charge on any atom is -0.480 e. The molecule has 1 fully saturated rings. The van der Waals surface area contributed by atoms with Crippen molar-refractivity contribution in [3.05, 3.63) is 153 Å². The number of carboxylic acids is 1. The zero-order valence-corrected chi connectivity index (χ0v) is 46.2. The number of aromatic nitrogens is 13. The number of aryl methyl sites for hydroxylation is 4. The molecule has 21 nitrogen and oxygen atoms in total. The van der Waals surface area contributed by atoms with Gasteiger partial charge in [-0.1, -0.05) is 24.3 Å². The van der Waals surface area contributed by atoms with Gasteiger partial charge in [0.2, 0.25) is 0 Å². The van der Waals surface area contributed by atoms with Gasteiger partial charge in [-0.25, -0.2) is 19.9 Å². The van der Waals surface area contributed by atoms with Crippen LogP contribution < -0.4 is 11.3 Å². The van der Waals surface area contributed by atoms with E-state index < -0.39 is 5.97 Å². The number of nitrogens with zero attached hydrogens (tertiary/aromatic N) is 13. The maximum absolute atomic E-state index is 10.6. The molecular weight excluding hydrogens is 1150 g/mol. The number of rotatable bonds is 8. The lowest BCUT2D eigenvalue weighted by Crippen LogP contribution is -2.41. The third kappa shape index (κ3) is 15.2. The van der Waals surface area contributed by atoms with Crippen molar-refractivity contribution in [3.63, 3.8) is 0 Å². The molecule has 74 heavy (non-hydrogen) atoms. The van der Waals surface area contributed by atoms with E-state index >= 15 is 0 Å². The van der Waals surface area contributed by atoms with E-state index in [-0.39, 0.29) is 24.9 Å². The number of pyridine rings is 4. The van der Waals surface area contributed by atoms with Crippen LogP contribution >= 0.6 is 47.8 Å². The lowest BCUT2D eigenvalue weighted by molar-refractivity contribution is -0.135. The summed E-state index contributed by atoms with van der Waals surface area (Å²) in [5.41, 5.74) is 12.7. The van der Waals surface area contributed by atoms with Crippen LogP contribution in [0, 0.1) is 0 Å². The molecule has 3 N–H and O–H groups in total. The number of hydrogen-bond acceptors (Lipinski definition) is 15. The molecule has 25 heteroatoms. The Morgan fingerprint density at radius 1 is 0.622 bits per heavy atom. The zero-order valence-electron chi connectivity index (χ0n) is 41.5. The average molecular weight is 1200 g/mol. The van der Waals surface area contributed by atoms with Gasteiger partial charge >= 0.3 is 13.1 Å². The summed E-state index contributed by atoms with van der Waals surface area (Å²) in [6.45, 7) is 7.90. The largest absolute Gasteiger partial charge is 0.514 e. The van der Waals surface area contributed by atoms with Crippen molar-refractivity contribution in [2.45, 2.75) is 38.9 Å². The lowest BCUT2D eigenvalue weighted by Gasteiger charge is -2.32. The number of imidazole rings is 1. The molecule has 1 aliphatic rings. The fraction of sp³-hybridized carbons (Fsp3) is 0.224. The number of halogens is 3. The summed E-state index contributed by atoms with van der Waals surface area (Å²) in [6.07, 6.45) is 12.8. The van der Waals surface area contributed by atoms with Crippen LogP contribution in [0.15, 0.2) is 136 Å². The highest BCUT2D eigenvalue weighted by molar-refractivity contribution is 9.11. The van der Waals surface area contributed by atoms with Crippen LogP contribution in [0.1, 0.15) is 59.2 Å². The van der Waals surface area contributed by atoms with E-state index in [0.29, 0.717) is 28.0 Å². The Balaban J connectivity index is 0.000000169. The molecule has 0 atom stereocenters. The lowest BCUT2D eigenvalue weighted by atomic mass is 9.85. The van der Waals surface area contributed by atoms with Gasteiger partial charge in [0.1, 0.15) is 27.4 Å². The van der Waals surface area contributed by atoms with E-state index in [1.165, 1.54) is 0 Å². The Bertz CT molecular complexity index is 3260. The first kappa shape index (κ1) is 57.7. The molecule has 1 aliphatic heterocycles. The van der Waals surface area contributed by atoms with Gasteiger partial charge in [0.15, 0.2) is 18.9 Å². The summed E-state index contributed by atoms with van der Waals surface area (Å²) < 4.78 is 23.4. The number of aldehydes is 3. The summed E-state index contributed by atoms with van der Waals surface area (Å²) in [5, 5.41) is 24.1. The molecule has 10 rings (SSSR count). The molecule has 10 heterocycles. The molecule has 0 unspecified atom stereocenters. The minimum atomic E-state index is -0.968. The number of hydrogen-bond donors (Lipinski definition) is 2. The predicted octanol–water partition coefficient (Wildman–Crippen LogP) is 7.25. The SMILES string of the molecule is Cn1ncc(Br)c1-c1cccc(C=O)n1.Cn1ncc(Br)c1-c1cccc2cncn12.Cn1nccc1-c1cccc(C=O)n1.Cn1nccc1B1OC(C)(C)C(C)(C)O1.NCC(=O)O.O=Cc1cccc(Br)n1. The number of carboxylic acid groups (broad SMARTS) is 1. The number of aliphatic carboxylic acids is 1. The highest BCUT2D eigenvalue weighted by Gasteiger charge is 2.52. The number of nitrogens with two attached hydrogens (primary N) is 1. The average Bonchev–Trinajstić information content (AvgIpc) is 4.27. The van der Waals surface area contributed by atoms with Gasteiger partial charge in [-0.15, -0.1) is 0 Å². The summed E-state index contributed by atoms with van der Waals surface area (Å²) in [5.74, 6) is -0.968. The van der Waals surface area contributed by atoms with Crippen molar-refractivity contribution in [3.8, 4) is 34.2 Å². The Morgan fingerprint density at radius 2 is 1.12 bits per heavy atom. The quantitative estimate of drug-likeness (QED) is 0.0862. The van der Waals surface area contributed by atoms with E-state index in [2.05, 4.69) is 99.9 Å². The molecule has 1 saturated heterocycles. The molecule has 9 aromatic heterocycles. The normalized spacial score (nSPS) is 12.7. The first-order chi connectivity index (χ1) is 35.2. The molecule has 384 valence electrons. The van der Waals surface area contributed by atoms with E-state index in [0.717, 1.165) is 66.8 Å². The third-order valence-corrected chi connectivity index (χ3v) is 12.6. The van der Waals surface area contributed by atoms with E-state index in [1.54, 1.807) is 81.3 Å². The van der Waals surface area contributed by atoms with E-state index in [1.807, 2.05) is 114 Å².